The molecule has 0 spiro atoms. The zero-order valence-corrected chi connectivity index (χ0v) is 8.68. The highest BCUT2D eigenvalue weighted by Crippen LogP contribution is 2.40. The van der Waals surface area contributed by atoms with Crippen LogP contribution in [0.2, 0.25) is 0 Å². The van der Waals surface area contributed by atoms with E-state index in [0.717, 1.165) is 18.4 Å². The largest absolute Gasteiger partial charge is 0.294 e. The van der Waals surface area contributed by atoms with Gasteiger partial charge in [0.25, 0.3) is 0 Å². The van der Waals surface area contributed by atoms with Gasteiger partial charge in [-0.05, 0) is 37.8 Å². The number of rotatable bonds is 1. The van der Waals surface area contributed by atoms with E-state index in [-0.39, 0.29) is 11.9 Å². The topological polar surface area (TPSA) is 3.24 Å². The fourth-order valence-electron chi connectivity index (χ4n) is 2.64. The summed E-state index contributed by atoms with van der Waals surface area (Å²) >= 11 is 0. The van der Waals surface area contributed by atoms with Crippen molar-refractivity contribution in [3.8, 4) is 0 Å². The van der Waals surface area contributed by atoms with E-state index >= 15 is 0 Å². The van der Waals surface area contributed by atoms with Gasteiger partial charge >= 0.3 is 0 Å². The summed E-state index contributed by atoms with van der Waals surface area (Å²) in [6, 6.07) is 0.720. The minimum atomic E-state index is 0.108. The minimum Gasteiger partial charge on any atom is -0.294 e. The molecule has 0 aromatic rings. The number of halogens is 1. The molecule has 0 unspecified atom stereocenters. The lowest BCUT2D eigenvalue weighted by Crippen LogP contribution is -2.37. The zero-order chi connectivity index (χ0) is 9.59. The van der Waals surface area contributed by atoms with E-state index in [9.17, 15) is 4.39 Å². The molecular formula is C11H18FN. The Morgan fingerprint density at radius 2 is 2.08 bits per heavy atom. The lowest BCUT2D eigenvalue weighted by atomic mass is 9.92. The summed E-state index contributed by atoms with van der Waals surface area (Å²) in [6.07, 6.45) is 3.14. The van der Waals surface area contributed by atoms with Crippen molar-refractivity contribution in [1.29, 1.82) is 0 Å². The van der Waals surface area contributed by atoms with E-state index in [1.54, 1.807) is 0 Å². The standard InChI is InChI=1S/C11H18FN/c1-7(2)9-6-8-4-5-10(11(9)12)13(8)3/h7-8,10H,4-6H2,1-3H3/t8-,10+/m0/s1. The first-order valence-corrected chi connectivity index (χ1v) is 5.21. The van der Waals surface area contributed by atoms with E-state index in [4.69, 9.17) is 0 Å². The second kappa shape index (κ2) is 3.09. The molecule has 2 heterocycles. The summed E-state index contributed by atoms with van der Waals surface area (Å²) in [5.74, 6) is 0.558. The monoisotopic (exact) mass is 183 g/mol. The molecule has 2 rings (SSSR count). The van der Waals surface area contributed by atoms with Crippen molar-refractivity contribution < 1.29 is 4.39 Å². The van der Waals surface area contributed by atoms with Crippen LogP contribution in [-0.4, -0.2) is 24.0 Å². The molecule has 13 heavy (non-hydrogen) atoms. The van der Waals surface area contributed by atoms with Crippen molar-refractivity contribution in [3.63, 3.8) is 0 Å². The molecule has 0 N–H and O–H groups in total. The van der Waals surface area contributed by atoms with Crippen molar-refractivity contribution in [2.75, 3.05) is 7.05 Å². The summed E-state index contributed by atoms with van der Waals surface area (Å²) < 4.78 is 13.9. The van der Waals surface area contributed by atoms with Crippen LogP contribution in [0.1, 0.15) is 33.1 Å². The van der Waals surface area contributed by atoms with Gasteiger partial charge in [0, 0.05) is 6.04 Å². The van der Waals surface area contributed by atoms with Crippen molar-refractivity contribution in [3.05, 3.63) is 11.4 Å². The van der Waals surface area contributed by atoms with Gasteiger partial charge in [0.2, 0.25) is 0 Å². The second-order valence-corrected chi connectivity index (χ2v) is 4.64. The predicted octanol–water partition coefficient (Wildman–Crippen LogP) is 2.73. The molecule has 2 aliphatic heterocycles. The Balaban J connectivity index is 2.30. The van der Waals surface area contributed by atoms with Gasteiger partial charge in [0.1, 0.15) is 5.83 Å². The molecule has 1 saturated heterocycles. The average molecular weight is 183 g/mol. The molecule has 0 radical (unpaired) electrons. The summed E-state index contributed by atoms with van der Waals surface area (Å²) in [4.78, 5) is 2.21. The zero-order valence-electron chi connectivity index (χ0n) is 8.68. The Hall–Kier alpha value is -0.370. The van der Waals surface area contributed by atoms with Crippen LogP contribution in [0.4, 0.5) is 4.39 Å². The summed E-state index contributed by atoms with van der Waals surface area (Å²) in [6.45, 7) is 4.19. The van der Waals surface area contributed by atoms with Crippen LogP contribution in [0.15, 0.2) is 11.4 Å². The van der Waals surface area contributed by atoms with Crippen LogP contribution in [0.5, 0.6) is 0 Å². The van der Waals surface area contributed by atoms with Crippen molar-refractivity contribution in [2.45, 2.75) is 45.2 Å². The van der Waals surface area contributed by atoms with Crippen molar-refractivity contribution in [1.82, 2.24) is 4.90 Å². The molecule has 2 heteroatoms. The van der Waals surface area contributed by atoms with E-state index < -0.39 is 0 Å². The van der Waals surface area contributed by atoms with E-state index in [0.29, 0.717) is 12.0 Å². The Labute approximate surface area is 79.6 Å². The predicted molar refractivity (Wildman–Crippen MR) is 52.2 cm³/mol. The molecule has 2 atom stereocenters. The molecule has 0 saturated carbocycles. The maximum absolute atomic E-state index is 13.9. The Kier molecular flexibility index (Phi) is 2.18. The van der Waals surface area contributed by atoms with Gasteiger partial charge in [-0.2, -0.15) is 0 Å². The molecule has 1 nitrogen and oxygen atoms in total. The van der Waals surface area contributed by atoms with Gasteiger partial charge < -0.3 is 0 Å². The fourth-order valence-corrected chi connectivity index (χ4v) is 2.64. The van der Waals surface area contributed by atoms with E-state index in [1.807, 2.05) is 0 Å². The second-order valence-electron chi connectivity index (χ2n) is 4.64. The van der Waals surface area contributed by atoms with Gasteiger partial charge in [-0.15, -0.1) is 0 Å². The quantitative estimate of drug-likeness (QED) is 0.604. The highest BCUT2D eigenvalue weighted by Gasteiger charge is 2.39. The third-order valence-corrected chi connectivity index (χ3v) is 3.59. The van der Waals surface area contributed by atoms with Gasteiger partial charge in [-0.25, -0.2) is 4.39 Å². The fraction of sp³-hybridized carbons (Fsp3) is 0.818. The molecular weight excluding hydrogens is 165 g/mol. The first-order chi connectivity index (χ1) is 6.11. The first kappa shape index (κ1) is 9.20. The van der Waals surface area contributed by atoms with Crippen molar-refractivity contribution >= 4 is 0 Å². The third-order valence-electron chi connectivity index (χ3n) is 3.59. The average Bonchev–Trinajstić information content (AvgIpc) is 2.29. The summed E-state index contributed by atoms with van der Waals surface area (Å²) in [7, 11) is 2.05. The summed E-state index contributed by atoms with van der Waals surface area (Å²) in [5, 5.41) is 0. The molecule has 0 amide bonds. The normalized spacial score (nSPS) is 34.8. The van der Waals surface area contributed by atoms with Crippen molar-refractivity contribution in [2.24, 2.45) is 5.92 Å². The van der Waals surface area contributed by atoms with Crippen LogP contribution in [-0.2, 0) is 0 Å². The molecule has 0 aliphatic carbocycles. The molecule has 2 aliphatic rings. The van der Waals surface area contributed by atoms with E-state index in [1.165, 1.54) is 6.42 Å². The number of nitrogens with zero attached hydrogens (tertiary/aromatic N) is 1. The van der Waals surface area contributed by atoms with Crippen LogP contribution in [0.3, 0.4) is 0 Å². The highest BCUT2D eigenvalue weighted by atomic mass is 19.1. The minimum absolute atomic E-state index is 0.108. The summed E-state index contributed by atoms with van der Waals surface area (Å²) in [5.41, 5.74) is 1.07. The SMILES string of the molecule is CC(C)C1=C(F)[C@H]2CC[C@@H](C1)N2C. The Morgan fingerprint density at radius 1 is 1.38 bits per heavy atom. The Bertz CT molecular complexity index is 244. The maximum atomic E-state index is 13.9. The molecule has 74 valence electrons. The number of fused-ring (bicyclic) bond motifs is 2. The molecule has 0 aromatic heterocycles. The van der Waals surface area contributed by atoms with Gasteiger partial charge in [0.05, 0.1) is 6.04 Å². The molecule has 0 aromatic carbocycles. The molecule has 2 bridgehead atoms. The number of likely N-dealkylation sites (N-methyl/N-ethyl adjacent to an activating group) is 1. The van der Waals surface area contributed by atoms with Crippen LogP contribution in [0.25, 0.3) is 0 Å². The smallest absolute Gasteiger partial charge is 0.117 e. The van der Waals surface area contributed by atoms with Gasteiger partial charge in [-0.3, -0.25) is 4.90 Å². The number of hydrogen-bond acceptors (Lipinski definition) is 1. The van der Waals surface area contributed by atoms with Crippen LogP contribution < -0.4 is 0 Å². The lowest BCUT2D eigenvalue weighted by Gasteiger charge is -2.33. The van der Waals surface area contributed by atoms with E-state index in [2.05, 4.69) is 25.8 Å². The number of hydrogen-bond donors (Lipinski definition) is 0. The Morgan fingerprint density at radius 3 is 2.69 bits per heavy atom. The maximum Gasteiger partial charge on any atom is 0.117 e. The van der Waals surface area contributed by atoms with Crippen LogP contribution in [0, 0.1) is 5.92 Å². The highest BCUT2D eigenvalue weighted by molar-refractivity contribution is 5.23. The first-order valence-electron chi connectivity index (χ1n) is 5.21. The lowest BCUT2D eigenvalue weighted by molar-refractivity contribution is 0.211. The molecule has 1 fully saturated rings. The third kappa shape index (κ3) is 1.32. The van der Waals surface area contributed by atoms with Gasteiger partial charge in [0.15, 0.2) is 0 Å². The van der Waals surface area contributed by atoms with Gasteiger partial charge in [-0.1, -0.05) is 13.8 Å². The van der Waals surface area contributed by atoms with Crippen LogP contribution >= 0.6 is 0 Å².